The molecule has 1 aliphatic rings. The summed E-state index contributed by atoms with van der Waals surface area (Å²) in [5.74, 6) is -0.528. The van der Waals surface area contributed by atoms with Gasteiger partial charge < -0.3 is 10.0 Å². The van der Waals surface area contributed by atoms with Crippen LogP contribution in [0.4, 0.5) is 0 Å². The van der Waals surface area contributed by atoms with Gasteiger partial charge in [0.25, 0.3) is 0 Å². The number of carbonyl (C=O) groups excluding carboxylic acids is 1. The number of carboxylic acids is 1. The Morgan fingerprint density at radius 2 is 1.88 bits per heavy atom. The average molecular weight is 245 g/mol. The smallest absolute Gasteiger partial charge is 0.313 e. The highest BCUT2D eigenvalue weighted by Crippen LogP contribution is 2.22. The lowest BCUT2D eigenvalue weighted by molar-refractivity contribution is -0.133. The maximum atomic E-state index is 11.7. The summed E-state index contributed by atoms with van der Waals surface area (Å²) in [7, 11) is 1.83. The quantitative estimate of drug-likeness (QED) is 0.799. The first-order valence-corrected chi connectivity index (χ1v) is 6.82. The standard InChI is InChI=1S/C11H19NO3S/c1-12(9-5-3-2-4-6-9)10(13)7-16-8-11(14)15/h9H,2-8H2,1H3,(H,14,15). The first kappa shape index (κ1) is 13.4. The molecule has 0 unspecified atom stereocenters. The monoisotopic (exact) mass is 245 g/mol. The van der Waals surface area contributed by atoms with Crippen LogP contribution in [-0.2, 0) is 9.59 Å². The third kappa shape index (κ3) is 4.43. The van der Waals surface area contributed by atoms with Gasteiger partial charge in [-0.3, -0.25) is 9.59 Å². The number of carbonyl (C=O) groups is 2. The zero-order valence-corrected chi connectivity index (χ0v) is 10.5. The number of amides is 1. The lowest BCUT2D eigenvalue weighted by Gasteiger charge is -2.31. The third-order valence-electron chi connectivity index (χ3n) is 2.97. The van der Waals surface area contributed by atoms with Crippen molar-refractivity contribution < 1.29 is 14.7 Å². The van der Waals surface area contributed by atoms with E-state index in [4.69, 9.17) is 5.11 Å². The fraction of sp³-hybridized carbons (Fsp3) is 0.818. The second-order valence-electron chi connectivity index (χ2n) is 4.18. The molecule has 0 bridgehead atoms. The molecule has 1 fully saturated rings. The fourth-order valence-corrected chi connectivity index (χ4v) is 2.65. The van der Waals surface area contributed by atoms with Crippen LogP contribution in [0.25, 0.3) is 0 Å². The van der Waals surface area contributed by atoms with E-state index in [-0.39, 0.29) is 17.4 Å². The maximum absolute atomic E-state index is 11.7. The zero-order chi connectivity index (χ0) is 12.0. The molecule has 0 heterocycles. The molecule has 0 radical (unpaired) electrons. The van der Waals surface area contributed by atoms with Crippen molar-refractivity contribution in [2.45, 2.75) is 38.1 Å². The van der Waals surface area contributed by atoms with E-state index < -0.39 is 5.97 Å². The van der Waals surface area contributed by atoms with Crippen molar-refractivity contribution in [3.63, 3.8) is 0 Å². The summed E-state index contributed by atoms with van der Waals surface area (Å²) >= 11 is 1.17. The average Bonchev–Trinajstić information content (AvgIpc) is 2.28. The van der Waals surface area contributed by atoms with Crippen LogP contribution in [0.3, 0.4) is 0 Å². The van der Waals surface area contributed by atoms with Gasteiger partial charge >= 0.3 is 5.97 Å². The molecule has 0 saturated heterocycles. The van der Waals surface area contributed by atoms with Crippen molar-refractivity contribution in [1.82, 2.24) is 4.90 Å². The Morgan fingerprint density at radius 1 is 1.25 bits per heavy atom. The lowest BCUT2D eigenvalue weighted by Crippen LogP contribution is -2.39. The third-order valence-corrected chi connectivity index (χ3v) is 3.87. The lowest BCUT2D eigenvalue weighted by atomic mass is 9.94. The summed E-state index contributed by atoms with van der Waals surface area (Å²) in [5.41, 5.74) is 0. The Hall–Kier alpha value is -0.710. The highest BCUT2D eigenvalue weighted by atomic mass is 32.2. The SMILES string of the molecule is CN(C(=O)CSCC(=O)O)C1CCCCC1. The van der Waals surface area contributed by atoms with Crippen LogP contribution in [0.1, 0.15) is 32.1 Å². The first-order chi connectivity index (χ1) is 7.61. The van der Waals surface area contributed by atoms with Gasteiger partial charge in [0, 0.05) is 13.1 Å². The van der Waals surface area contributed by atoms with E-state index in [9.17, 15) is 9.59 Å². The molecule has 1 N–H and O–H groups in total. The molecule has 5 heteroatoms. The van der Waals surface area contributed by atoms with Gasteiger partial charge in [-0.1, -0.05) is 19.3 Å². The Balaban J connectivity index is 2.26. The zero-order valence-electron chi connectivity index (χ0n) is 9.65. The largest absolute Gasteiger partial charge is 0.481 e. The summed E-state index contributed by atoms with van der Waals surface area (Å²) in [5, 5.41) is 8.47. The van der Waals surface area contributed by atoms with Crippen LogP contribution >= 0.6 is 11.8 Å². The number of rotatable bonds is 5. The van der Waals surface area contributed by atoms with Crippen LogP contribution in [0, 0.1) is 0 Å². The van der Waals surface area contributed by atoms with Crippen LogP contribution in [0.5, 0.6) is 0 Å². The van der Waals surface area contributed by atoms with E-state index in [1.54, 1.807) is 4.90 Å². The molecule has 1 rings (SSSR count). The summed E-state index contributed by atoms with van der Waals surface area (Å²) in [6.45, 7) is 0. The summed E-state index contributed by atoms with van der Waals surface area (Å²) < 4.78 is 0. The van der Waals surface area contributed by atoms with Gasteiger partial charge in [-0.2, -0.15) is 0 Å². The van der Waals surface area contributed by atoms with E-state index in [2.05, 4.69) is 0 Å². The second-order valence-corrected chi connectivity index (χ2v) is 5.17. The minimum atomic E-state index is -0.863. The molecule has 92 valence electrons. The van der Waals surface area contributed by atoms with Gasteiger partial charge in [-0.15, -0.1) is 11.8 Å². The van der Waals surface area contributed by atoms with Crippen LogP contribution in [0.2, 0.25) is 0 Å². The highest BCUT2D eigenvalue weighted by Gasteiger charge is 2.21. The van der Waals surface area contributed by atoms with Crippen LogP contribution < -0.4 is 0 Å². The van der Waals surface area contributed by atoms with E-state index in [1.165, 1.54) is 31.0 Å². The first-order valence-electron chi connectivity index (χ1n) is 5.66. The summed E-state index contributed by atoms with van der Waals surface area (Å²) in [6, 6.07) is 0.367. The molecule has 0 spiro atoms. The number of thioether (sulfide) groups is 1. The summed E-state index contributed by atoms with van der Waals surface area (Å²) in [6.07, 6.45) is 5.85. The number of hydrogen-bond donors (Lipinski definition) is 1. The highest BCUT2D eigenvalue weighted by molar-refractivity contribution is 8.00. The molecule has 0 atom stereocenters. The number of hydrogen-bond acceptors (Lipinski definition) is 3. The fourth-order valence-electron chi connectivity index (χ4n) is 2.00. The molecule has 0 aromatic carbocycles. The number of aliphatic carboxylic acids is 1. The van der Waals surface area contributed by atoms with E-state index in [1.807, 2.05) is 7.05 Å². The van der Waals surface area contributed by atoms with Crippen molar-refractivity contribution >= 4 is 23.6 Å². The van der Waals surface area contributed by atoms with Crippen molar-refractivity contribution in [3.05, 3.63) is 0 Å². The van der Waals surface area contributed by atoms with E-state index >= 15 is 0 Å². The Kier molecular flexibility index (Phi) is 5.66. The van der Waals surface area contributed by atoms with Gasteiger partial charge in [-0.25, -0.2) is 0 Å². The van der Waals surface area contributed by atoms with Gasteiger partial charge in [-0.05, 0) is 12.8 Å². The molecule has 0 aliphatic heterocycles. The van der Waals surface area contributed by atoms with Crippen molar-refractivity contribution in [2.75, 3.05) is 18.6 Å². The summed E-state index contributed by atoms with van der Waals surface area (Å²) in [4.78, 5) is 23.8. The van der Waals surface area contributed by atoms with E-state index in [0.29, 0.717) is 6.04 Å². The molecule has 1 saturated carbocycles. The minimum absolute atomic E-state index is 0.00421. The Labute approximate surface area is 100 Å². The maximum Gasteiger partial charge on any atom is 0.313 e. The van der Waals surface area contributed by atoms with Crippen molar-refractivity contribution in [3.8, 4) is 0 Å². The van der Waals surface area contributed by atoms with Crippen LogP contribution in [0.15, 0.2) is 0 Å². The van der Waals surface area contributed by atoms with Crippen LogP contribution in [-0.4, -0.2) is 46.5 Å². The molecule has 1 aliphatic carbocycles. The molecule has 1 amide bonds. The van der Waals surface area contributed by atoms with Crippen molar-refractivity contribution in [1.29, 1.82) is 0 Å². The molecule has 0 aromatic heterocycles. The number of carboxylic acid groups (broad SMARTS) is 1. The normalized spacial score (nSPS) is 17.1. The predicted molar refractivity (Wildman–Crippen MR) is 64.6 cm³/mol. The Morgan fingerprint density at radius 3 is 2.44 bits per heavy atom. The van der Waals surface area contributed by atoms with Gasteiger partial charge in [0.05, 0.1) is 11.5 Å². The van der Waals surface area contributed by atoms with Gasteiger partial charge in [0.15, 0.2) is 0 Å². The molecule has 16 heavy (non-hydrogen) atoms. The Bertz CT molecular complexity index is 252. The minimum Gasteiger partial charge on any atom is -0.481 e. The second kappa shape index (κ2) is 6.78. The predicted octanol–water partition coefficient (Wildman–Crippen LogP) is 1.60. The topological polar surface area (TPSA) is 57.6 Å². The van der Waals surface area contributed by atoms with Gasteiger partial charge in [0.2, 0.25) is 5.91 Å². The molecular weight excluding hydrogens is 226 g/mol. The number of nitrogens with zero attached hydrogens (tertiary/aromatic N) is 1. The molecular formula is C11H19NO3S. The van der Waals surface area contributed by atoms with Gasteiger partial charge in [0.1, 0.15) is 0 Å². The van der Waals surface area contributed by atoms with E-state index in [0.717, 1.165) is 12.8 Å². The molecule has 0 aromatic rings. The molecule has 4 nitrogen and oxygen atoms in total. The van der Waals surface area contributed by atoms with Crippen molar-refractivity contribution in [2.24, 2.45) is 0 Å².